The van der Waals surface area contributed by atoms with Crippen LogP contribution in [-0.4, -0.2) is 60.3 Å². The fraction of sp³-hybridized carbons (Fsp3) is 0.370. The lowest BCUT2D eigenvalue weighted by molar-refractivity contribution is -0.136. The van der Waals surface area contributed by atoms with Crippen molar-refractivity contribution in [1.29, 1.82) is 0 Å². The maximum absolute atomic E-state index is 13.4. The van der Waals surface area contributed by atoms with Crippen LogP contribution in [0.4, 0.5) is 11.5 Å². The normalized spacial score (nSPS) is 18.6. The number of carbonyl (C=O) groups is 1. The van der Waals surface area contributed by atoms with Crippen LogP contribution in [0.3, 0.4) is 0 Å². The van der Waals surface area contributed by atoms with Gasteiger partial charge in [0.2, 0.25) is 5.91 Å². The van der Waals surface area contributed by atoms with Gasteiger partial charge in [0.1, 0.15) is 0 Å². The first-order valence-electron chi connectivity index (χ1n) is 12.1. The average Bonchev–Trinajstić information content (AvgIpc) is 2.90. The summed E-state index contributed by atoms with van der Waals surface area (Å²) in [6.07, 6.45) is 1.89. The number of benzene rings is 2. The highest BCUT2D eigenvalue weighted by atomic mass is 35.5. The van der Waals surface area contributed by atoms with Crippen LogP contribution in [0.25, 0.3) is 11.3 Å². The Morgan fingerprint density at radius 2 is 1.60 bits per heavy atom. The fourth-order valence-electron chi connectivity index (χ4n) is 5.00. The summed E-state index contributed by atoms with van der Waals surface area (Å²) >= 11 is 12.2. The summed E-state index contributed by atoms with van der Waals surface area (Å²) in [7, 11) is 0. The van der Waals surface area contributed by atoms with Crippen LogP contribution in [0.2, 0.25) is 10.0 Å². The van der Waals surface area contributed by atoms with Gasteiger partial charge in [0.05, 0.1) is 11.6 Å². The molecule has 3 heterocycles. The molecule has 1 unspecified atom stereocenters. The van der Waals surface area contributed by atoms with E-state index in [0.717, 1.165) is 73.4 Å². The van der Waals surface area contributed by atoms with Gasteiger partial charge in [0, 0.05) is 60.6 Å². The molecule has 0 bridgehead atoms. The number of hydrogen-bond acceptors (Lipinski definition) is 5. The first-order valence-corrected chi connectivity index (χ1v) is 12.9. The highest BCUT2D eigenvalue weighted by Gasteiger charge is 2.32. The van der Waals surface area contributed by atoms with Gasteiger partial charge in [-0.2, -0.15) is 0 Å². The number of rotatable bonds is 4. The molecule has 1 aromatic heterocycles. The number of piperidine rings is 1. The third-order valence-corrected chi connectivity index (χ3v) is 7.48. The minimum atomic E-state index is -0.0130. The van der Waals surface area contributed by atoms with E-state index in [0.29, 0.717) is 11.6 Å². The zero-order chi connectivity index (χ0) is 24.4. The fourth-order valence-corrected chi connectivity index (χ4v) is 5.30. The zero-order valence-electron chi connectivity index (χ0n) is 19.8. The van der Waals surface area contributed by atoms with Crippen molar-refractivity contribution in [1.82, 2.24) is 15.1 Å². The summed E-state index contributed by atoms with van der Waals surface area (Å²) in [5.74, 6) is 1.06. The van der Waals surface area contributed by atoms with E-state index in [1.54, 1.807) is 0 Å². The monoisotopic (exact) mass is 509 g/mol. The molecule has 0 radical (unpaired) electrons. The number of piperazine rings is 1. The molecule has 5 rings (SSSR count). The largest absolute Gasteiger partial charge is 0.368 e. The number of aromatic nitrogens is 2. The van der Waals surface area contributed by atoms with Crippen LogP contribution < -0.4 is 9.80 Å². The molecule has 1 amide bonds. The quantitative estimate of drug-likeness (QED) is 0.476. The molecule has 0 aliphatic carbocycles. The van der Waals surface area contributed by atoms with E-state index in [9.17, 15) is 4.79 Å². The van der Waals surface area contributed by atoms with Crippen molar-refractivity contribution in [2.24, 2.45) is 5.92 Å². The zero-order valence-corrected chi connectivity index (χ0v) is 21.3. The lowest BCUT2D eigenvalue weighted by Gasteiger charge is -2.40. The summed E-state index contributed by atoms with van der Waals surface area (Å²) in [5, 5.41) is 10.3. The minimum Gasteiger partial charge on any atom is -0.368 e. The van der Waals surface area contributed by atoms with Gasteiger partial charge in [-0.1, -0.05) is 41.4 Å². The smallest absolute Gasteiger partial charge is 0.227 e. The number of carbonyl (C=O) groups excluding carboxylic acids is 1. The Hall–Kier alpha value is -2.83. The Labute approximate surface area is 216 Å². The molecular weight excluding hydrogens is 481 g/mol. The summed E-state index contributed by atoms with van der Waals surface area (Å²) in [5.41, 5.74) is 4.16. The highest BCUT2D eigenvalue weighted by molar-refractivity contribution is 6.31. The molecular formula is C27H29Cl2N5O. The van der Waals surface area contributed by atoms with Crippen molar-refractivity contribution in [3.63, 3.8) is 0 Å². The van der Waals surface area contributed by atoms with Crippen molar-refractivity contribution in [3.8, 4) is 11.3 Å². The second-order valence-electron chi connectivity index (χ2n) is 9.31. The average molecular weight is 510 g/mol. The molecule has 3 aromatic rings. The van der Waals surface area contributed by atoms with Crippen molar-refractivity contribution >= 4 is 40.6 Å². The predicted molar refractivity (Wildman–Crippen MR) is 142 cm³/mol. The third-order valence-electron chi connectivity index (χ3n) is 6.99. The third kappa shape index (κ3) is 5.39. The van der Waals surface area contributed by atoms with Crippen LogP contribution in [0, 0.1) is 12.8 Å². The molecule has 8 heteroatoms. The van der Waals surface area contributed by atoms with Crippen LogP contribution in [0.15, 0.2) is 54.6 Å². The van der Waals surface area contributed by atoms with Crippen LogP contribution in [0.5, 0.6) is 0 Å². The van der Waals surface area contributed by atoms with Crippen LogP contribution in [-0.2, 0) is 4.79 Å². The molecule has 6 nitrogen and oxygen atoms in total. The standard InChI is InChI=1S/C27H29Cl2N5O/c1-19-4-7-23(29)17-25(19)32-13-15-33(16-14-32)27(35)21-3-2-12-34(18-21)26-11-10-24(30-31-26)20-5-8-22(28)9-6-20/h4-11,17,21H,2-3,12-16,18H2,1H3. The summed E-state index contributed by atoms with van der Waals surface area (Å²) in [6, 6.07) is 17.6. The Morgan fingerprint density at radius 3 is 2.31 bits per heavy atom. The van der Waals surface area contributed by atoms with Crippen molar-refractivity contribution in [2.75, 3.05) is 49.1 Å². The van der Waals surface area contributed by atoms with Gasteiger partial charge < -0.3 is 14.7 Å². The first-order chi connectivity index (χ1) is 17.0. The molecule has 2 fully saturated rings. The summed E-state index contributed by atoms with van der Waals surface area (Å²) in [4.78, 5) is 19.9. The van der Waals surface area contributed by atoms with Gasteiger partial charge in [0.15, 0.2) is 5.82 Å². The Bertz CT molecular complexity index is 1180. The van der Waals surface area contributed by atoms with Gasteiger partial charge in [-0.05, 0) is 61.7 Å². The molecule has 0 saturated carbocycles. The highest BCUT2D eigenvalue weighted by Crippen LogP contribution is 2.28. The van der Waals surface area contributed by atoms with Gasteiger partial charge in [-0.15, -0.1) is 10.2 Å². The van der Waals surface area contributed by atoms with Crippen molar-refractivity contribution < 1.29 is 4.79 Å². The van der Waals surface area contributed by atoms with Gasteiger partial charge in [-0.25, -0.2) is 0 Å². The maximum atomic E-state index is 13.4. The Morgan fingerprint density at radius 1 is 0.857 bits per heavy atom. The second-order valence-corrected chi connectivity index (χ2v) is 10.2. The van der Waals surface area contributed by atoms with Gasteiger partial charge in [-0.3, -0.25) is 4.79 Å². The lowest BCUT2D eigenvalue weighted by Crippen LogP contribution is -2.52. The molecule has 1 atom stereocenters. The minimum absolute atomic E-state index is 0.0130. The summed E-state index contributed by atoms with van der Waals surface area (Å²) in [6.45, 7) is 6.78. The van der Waals surface area contributed by atoms with E-state index in [1.807, 2.05) is 53.4 Å². The van der Waals surface area contributed by atoms with E-state index in [1.165, 1.54) is 5.56 Å². The number of aryl methyl sites for hydroxylation is 1. The van der Waals surface area contributed by atoms with E-state index >= 15 is 0 Å². The number of halogens is 2. The number of nitrogens with zero attached hydrogens (tertiary/aromatic N) is 5. The predicted octanol–water partition coefficient (Wildman–Crippen LogP) is 5.32. The molecule has 2 aromatic carbocycles. The second kappa shape index (κ2) is 10.4. The maximum Gasteiger partial charge on any atom is 0.227 e. The molecule has 35 heavy (non-hydrogen) atoms. The van der Waals surface area contributed by atoms with Crippen molar-refractivity contribution in [2.45, 2.75) is 19.8 Å². The van der Waals surface area contributed by atoms with Gasteiger partial charge in [0.25, 0.3) is 0 Å². The molecule has 0 spiro atoms. The number of amides is 1. The Kier molecular flexibility index (Phi) is 7.12. The molecule has 182 valence electrons. The van der Waals surface area contributed by atoms with Gasteiger partial charge >= 0.3 is 0 Å². The number of hydrogen-bond donors (Lipinski definition) is 0. The molecule has 2 aliphatic rings. The van der Waals surface area contributed by atoms with Crippen LogP contribution >= 0.6 is 23.2 Å². The lowest BCUT2D eigenvalue weighted by atomic mass is 9.96. The van der Waals surface area contributed by atoms with E-state index in [4.69, 9.17) is 23.2 Å². The van der Waals surface area contributed by atoms with Crippen LogP contribution in [0.1, 0.15) is 18.4 Å². The van der Waals surface area contributed by atoms with E-state index in [-0.39, 0.29) is 11.8 Å². The molecule has 2 aliphatic heterocycles. The Balaban J connectivity index is 1.19. The van der Waals surface area contributed by atoms with E-state index < -0.39 is 0 Å². The number of anilines is 2. The molecule has 2 saturated heterocycles. The van der Waals surface area contributed by atoms with E-state index in [2.05, 4.69) is 33.0 Å². The molecule has 0 N–H and O–H groups in total. The topological polar surface area (TPSA) is 52.6 Å². The summed E-state index contributed by atoms with van der Waals surface area (Å²) < 4.78 is 0. The van der Waals surface area contributed by atoms with Crippen molar-refractivity contribution in [3.05, 3.63) is 70.2 Å². The first kappa shape index (κ1) is 23.9. The SMILES string of the molecule is Cc1ccc(Cl)cc1N1CCN(C(=O)C2CCCN(c3ccc(-c4ccc(Cl)cc4)nn3)C2)CC1.